The molecular weight excluding hydrogens is 296 g/mol. The van der Waals surface area contributed by atoms with Gasteiger partial charge in [-0.3, -0.25) is 0 Å². The zero-order chi connectivity index (χ0) is 16.9. The molecule has 2 aromatic carbocycles. The van der Waals surface area contributed by atoms with Crippen molar-refractivity contribution in [3.05, 3.63) is 59.2 Å². The molecule has 4 heteroatoms. The normalized spacial score (nSPS) is 15.1. The lowest BCUT2D eigenvalue weighted by molar-refractivity contribution is 0.313. The molecule has 1 fully saturated rings. The van der Waals surface area contributed by atoms with Crippen molar-refractivity contribution < 1.29 is 0 Å². The Morgan fingerprint density at radius 3 is 2.42 bits per heavy atom. The summed E-state index contributed by atoms with van der Waals surface area (Å²) in [7, 11) is 2.16. The number of benzene rings is 2. The summed E-state index contributed by atoms with van der Waals surface area (Å²) < 4.78 is 0. The number of hydrogen-bond acceptors (Lipinski definition) is 4. The van der Waals surface area contributed by atoms with Crippen molar-refractivity contribution in [2.45, 2.75) is 13.5 Å². The summed E-state index contributed by atoms with van der Waals surface area (Å²) in [6, 6.07) is 16.8. The van der Waals surface area contributed by atoms with Gasteiger partial charge in [-0.25, -0.2) is 0 Å². The van der Waals surface area contributed by atoms with Crippen molar-refractivity contribution in [3.63, 3.8) is 0 Å². The van der Waals surface area contributed by atoms with Crippen LogP contribution in [-0.2, 0) is 6.54 Å². The second kappa shape index (κ2) is 7.37. The number of anilines is 2. The van der Waals surface area contributed by atoms with E-state index < -0.39 is 0 Å². The number of nitrogens with zero attached hydrogens (tertiary/aromatic N) is 3. The van der Waals surface area contributed by atoms with Crippen molar-refractivity contribution in [2.75, 3.05) is 43.4 Å². The molecule has 3 rings (SSSR count). The van der Waals surface area contributed by atoms with Crippen LogP contribution in [0.25, 0.3) is 0 Å². The molecule has 0 bridgehead atoms. The SMILES string of the molecule is Cc1ccc(NCc2cc(N3CCN(C)CC3)ccc2C#N)cc1. The lowest BCUT2D eigenvalue weighted by atomic mass is 10.1. The average Bonchev–Trinajstić information content (AvgIpc) is 2.61. The second-order valence-electron chi connectivity index (χ2n) is 6.46. The standard InChI is InChI=1S/C20H24N4/c1-16-3-6-19(7-4-16)22-15-18-13-20(8-5-17(18)14-21)24-11-9-23(2)10-12-24/h3-8,13,22H,9-12,15H2,1-2H3. The Hall–Kier alpha value is -2.51. The first-order valence-corrected chi connectivity index (χ1v) is 8.43. The van der Waals surface area contributed by atoms with Crippen molar-refractivity contribution in [1.29, 1.82) is 5.26 Å². The first-order chi connectivity index (χ1) is 11.7. The highest BCUT2D eigenvalue weighted by Gasteiger charge is 2.15. The fourth-order valence-corrected chi connectivity index (χ4v) is 2.97. The zero-order valence-electron chi connectivity index (χ0n) is 14.4. The molecule has 0 saturated carbocycles. The molecule has 0 aromatic heterocycles. The van der Waals surface area contributed by atoms with Crippen LogP contribution in [-0.4, -0.2) is 38.1 Å². The van der Waals surface area contributed by atoms with E-state index in [4.69, 9.17) is 0 Å². The number of nitriles is 1. The fourth-order valence-electron chi connectivity index (χ4n) is 2.97. The van der Waals surface area contributed by atoms with Crippen LogP contribution in [0.1, 0.15) is 16.7 Å². The molecule has 0 aliphatic carbocycles. The van der Waals surface area contributed by atoms with Gasteiger partial charge < -0.3 is 15.1 Å². The summed E-state index contributed by atoms with van der Waals surface area (Å²) in [4.78, 5) is 4.75. The van der Waals surface area contributed by atoms with Crippen molar-refractivity contribution in [2.24, 2.45) is 0 Å². The van der Waals surface area contributed by atoms with Crippen LogP contribution < -0.4 is 10.2 Å². The fraction of sp³-hybridized carbons (Fsp3) is 0.350. The number of hydrogen-bond donors (Lipinski definition) is 1. The van der Waals surface area contributed by atoms with E-state index in [9.17, 15) is 5.26 Å². The number of rotatable bonds is 4. The lowest BCUT2D eigenvalue weighted by Gasteiger charge is -2.34. The van der Waals surface area contributed by atoms with Crippen molar-refractivity contribution >= 4 is 11.4 Å². The van der Waals surface area contributed by atoms with Gasteiger partial charge in [0.25, 0.3) is 0 Å². The van der Waals surface area contributed by atoms with Crippen LogP contribution in [0.2, 0.25) is 0 Å². The molecule has 1 saturated heterocycles. The van der Waals surface area contributed by atoms with E-state index in [2.05, 4.69) is 71.6 Å². The van der Waals surface area contributed by atoms with E-state index in [1.807, 2.05) is 6.07 Å². The van der Waals surface area contributed by atoms with Gasteiger partial charge in [0.05, 0.1) is 11.6 Å². The summed E-state index contributed by atoms with van der Waals surface area (Å²) >= 11 is 0. The molecule has 0 amide bonds. The third-order valence-corrected chi connectivity index (χ3v) is 4.61. The minimum Gasteiger partial charge on any atom is -0.381 e. The summed E-state index contributed by atoms with van der Waals surface area (Å²) in [5.41, 5.74) is 5.33. The van der Waals surface area contributed by atoms with Crippen LogP contribution in [0.4, 0.5) is 11.4 Å². The summed E-state index contributed by atoms with van der Waals surface area (Å²) in [5, 5.41) is 12.8. The molecule has 4 nitrogen and oxygen atoms in total. The highest BCUT2D eigenvalue weighted by atomic mass is 15.2. The number of nitrogens with one attached hydrogen (secondary N) is 1. The summed E-state index contributed by atoms with van der Waals surface area (Å²) in [6.45, 7) is 6.97. The minimum atomic E-state index is 0.660. The molecule has 124 valence electrons. The monoisotopic (exact) mass is 320 g/mol. The summed E-state index contributed by atoms with van der Waals surface area (Å²) in [5.74, 6) is 0. The first kappa shape index (κ1) is 16.4. The van der Waals surface area contributed by atoms with E-state index in [1.165, 1.54) is 11.3 Å². The molecule has 0 atom stereocenters. The quantitative estimate of drug-likeness (QED) is 0.939. The van der Waals surface area contributed by atoms with Gasteiger partial charge >= 0.3 is 0 Å². The van der Waals surface area contributed by atoms with E-state index in [-0.39, 0.29) is 0 Å². The molecule has 1 heterocycles. The third-order valence-electron chi connectivity index (χ3n) is 4.61. The molecule has 0 spiro atoms. The molecule has 1 aliphatic rings. The van der Waals surface area contributed by atoms with E-state index in [0.29, 0.717) is 6.54 Å². The van der Waals surface area contributed by atoms with Crippen LogP contribution in [0.5, 0.6) is 0 Å². The number of likely N-dealkylation sites (N-methyl/N-ethyl adjacent to an activating group) is 1. The molecule has 0 radical (unpaired) electrons. The van der Waals surface area contributed by atoms with Gasteiger partial charge in [-0.05, 0) is 49.9 Å². The Bertz CT molecular complexity index is 722. The van der Waals surface area contributed by atoms with Crippen LogP contribution >= 0.6 is 0 Å². The predicted molar refractivity (Wildman–Crippen MR) is 99.4 cm³/mol. The Balaban J connectivity index is 1.74. The molecule has 24 heavy (non-hydrogen) atoms. The maximum atomic E-state index is 9.39. The van der Waals surface area contributed by atoms with Gasteiger partial charge in [-0.2, -0.15) is 5.26 Å². The molecule has 1 aliphatic heterocycles. The van der Waals surface area contributed by atoms with Gasteiger partial charge in [0.15, 0.2) is 0 Å². The number of aryl methyl sites for hydroxylation is 1. The predicted octanol–water partition coefficient (Wildman–Crippen LogP) is 3.23. The Kier molecular flexibility index (Phi) is 5.02. The lowest BCUT2D eigenvalue weighted by Crippen LogP contribution is -2.44. The molecule has 0 unspecified atom stereocenters. The number of piperazine rings is 1. The van der Waals surface area contributed by atoms with Crippen LogP contribution in [0, 0.1) is 18.3 Å². The highest BCUT2D eigenvalue weighted by Crippen LogP contribution is 2.22. The largest absolute Gasteiger partial charge is 0.381 e. The average molecular weight is 320 g/mol. The van der Waals surface area contributed by atoms with Gasteiger partial charge in [0, 0.05) is 44.1 Å². The van der Waals surface area contributed by atoms with E-state index in [0.717, 1.165) is 43.0 Å². The van der Waals surface area contributed by atoms with Crippen LogP contribution in [0.15, 0.2) is 42.5 Å². The van der Waals surface area contributed by atoms with Gasteiger partial charge in [-0.15, -0.1) is 0 Å². The molecule has 2 aromatic rings. The smallest absolute Gasteiger partial charge is 0.0995 e. The summed E-state index contributed by atoms with van der Waals surface area (Å²) in [6.07, 6.45) is 0. The Morgan fingerprint density at radius 2 is 1.75 bits per heavy atom. The Labute approximate surface area is 144 Å². The maximum Gasteiger partial charge on any atom is 0.0995 e. The van der Waals surface area contributed by atoms with Gasteiger partial charge in [0.2, 0.25) is 0 Å². The maximum absolute atomic E-state index is 9.39. The zero-order valence-corrected chi connectivity index (χ0v) is 14.4. The molecular formula is C20H24N4. The Morgan fingerprint density at radius 1 is 1.04 bits per heavy atom. The van der Waals surface area contributed by atoms with Crippen LogP contribution in [0.3, 0.4) is 0 Å². The molecule has 1 N–H and O–H groups in total. The van der Waals surface area contributed by atoms with Crippen molar-refractivity contribution in [1.82, 2.24) is 4.90 Å². The topological polar surface area (TPSA) is 42.3 Å². The van der Waals surface area contributed by atoms with Gasteiger partial charge in [-0.1, -0.05) is 17.7 Å². The van der Waals surface area contributed by atoms with Gasteiger partial charge in [0.1, 0.15) is 0 Å². The van der Waals surface area contributed by atoms with E-state index >= 15 is 0 Å². The van der Waals surface area contributed by atoms with Crippen molar-refractivity contribution in [3.8, 4) is 6.07 Å². The first-order valence-electron chi connectivity index (χ1n) is 8.43. The minimum absolute atomic E-state index is 0.660. The van der Waals surface area contributed by atoms with E-state index in [1.54, 1.807) is 0 Å². The highest BCUT2D eigenvalue weighted by molar-refractivity contribution is 5.55. The third kappa shape index (κ3) is 3.87. The second-order valence-corrected chi connectivity index (χ2v) is 6.46.